The Morgan fingerprint density at radius 2 is 2.08 bits per heavy atom. The van der Waals surface area contributed by atoms with Gasteiger partial charge in [-0.2, -0.15) is 0 Å². The van der Waals surface area contributed by atoms with Crippen LogP contribution in [0.1, 0.15) is 59.2 Å². The molecule has 0 aromatic carbocycles. The van der Waals surface area contributed by atoms with Gasteiger partial charge in [0.05, 0.1) is 11.8 Å². The summed E-state index contributed by atoms with van der Waals surface area (Å²) in [7, 11) is 0. The van der Waals surface area contributed by atoms with Crippen molar-refractivity contribution in [3.8, 4) is 0 Å². The van der Waals surface area contributed by atoms with Crippen LogP contribution in [-0.2, 0) is 0 Å². The van der Waals surface area contributed by atoms with E-state index in [0.29, 0.717) is 42.9 Å². The van der Waals surface area contributed by atoms with E-state index in [0.717, 1.165) is 0 Å². The van der Waals surface area contributed by atoms with Crippen LogP contribution in [0.25, 0.3) is 0 Å². The van der Waals surface area contributed by atoms with Crippen molar-refractivity contribution in [2.24, 2.45) is 0 Å². The van der Waals surface area contributed by atoms with Crippen LogP contribution in [0.5, 0.6) is 0 Å². The first kappa shape index (κ1) is 16.3. The number of hydrogen-bond donors (Lipinski definition) is 1. The van der Waals surface area contributed by atoms with Gasteiger partial charge in [-0.15, -0.1) is 0 Å². The fourth-order valence-electron chi connectivity index (χ4n) is 2.86. The Balaban J connectivity index is 1.56. The Labute approximate surface area is 140 Å². The minimum atomic E-state index is -0.146. The zero-order valence-electron chi connectivity index (χ0n) is 13.8. The summed E-state index contributed by atoms with van der Waals surface area (Å²) in [6.45, 7) is 5.10. The van der Waals surface area contributed by atoms with Crippen molar-refractivity contribution < 1.29 is 18.4 Å². The predicted molar refractivity (Wildman–Crippen MR) is 85.7 cm³/mol. The van der Waals surface area contributed by atoms with Gasteiger partial charge in [0.25, 0.3) is 11.8 Å². The molecule has 3 rings (SSSR count). The number of nitrogens with one attached hydrogen (secondary N) is 1. The van der Waals surface area contributed by atoms with Crippen LogP contribution >= 0.6 is 0 Å². The van der Waals surface area contributed by atoms with Crippen molar-refractivity contribution in [1.82, 2.24) is 15.2 Å². The maximum Gasteiger partial charge on any atom is 0.276 e. The monoisotopic (exact) mass is 331 g/mol. The normalized spacial score (nSPS) is 15.7. The molecule has 24 heavy (non-hydrogen) atoms. The Hall–Kier alpha value is -2.57. The second-order valence-corrected chi connectivity index (χ2v) is 6.27. The fourth-order valence-corrected chi connectivity index (χ4v) is 2.86. The van der Waals surface area contributed by atoms with E-state index in [1.54, 1.807) is 11.0 Å². The number of rotatable bonds is 4. The van der Waals surface area contributed by atoms with Crippen LogP contribution in [0.15, 0.2) is 33.8 Å². The summed E-state index contributed by atoms with van der Waals surface area (Å²) in [5.41, 5.74) is 0.906. The number of oxazole rings is 1. The summed E-state index contributed by atoms with van der Waals surface area (Å²) in [5.74, 6) is 0.479. The second kappa shape index (κ2) is 6.90. The third-order valence-corrected chi connectivity index (χ3v) is 4.22. The van der Waals surface area contributed by atoms with Crippen LogP contribution < -0.4 is 5.32 Å². The zero-order chi connectivity index (χ0) is 17.1. The van der Waals surface area contributed by atoms with Crippen molar-refractivity contribution in [2.75, 3.05) is 13.1 Å². The lowest BCUT2D eigenvalue weighted by atomic mass is 10.0. The van der Waals surface area contributed by atoms with Crippen molar-refractivity contribution in [3.05, 3.63) is 42.0 Å². The molecule has 0 aliphatic carbocycles. The van der Waals surface area contributed by atoms with Gasteiger partial charge in [-0.1, -0.05) is 13.8 Å². The fraction of sp³-hybridized carbons (Fsp3) is 0.471. The predicted octanol–water partition coefficient (Wildman–Crippen LogP) is 2.43. The molecule has 1 aliphatic heterocycles. The molecule has 0 radical (unpaired) electrons. The largest absolute Gasteiger partial charge is 0.472 e. The molecular formula is C17H21N3O4. The van der Waals surface area contributed by atoms with Gasteiger partial charge >= 0.3 is 0 Å². The minimum absolute atomic E-state index is 0.0540. The lowest BCUT2D eigenvalue weighted by Gasteiger charge is -2.32. The van der Waals surface area contributed by atoms with E-state index in [4.69, 9.17) is 8.83 Å². The minimum Gasteiger partial charge on any atom is -0.472 e. The molecule has 7 heteroatoms. The summed E-state index contributed by atoms with van der Waals surface area (Å²) < 4.78 is 10.2. The van der Waals surface area contributed by atoms with Crippen molar-refractivity contribution in [2.45, 2.75) is 38.6 Å². The number of amides is 2. The lowest BCUT2D eigenvalue weighted by molar-refractivity contribution is 0.0690. The lowest BCUT2D eigenvalue weighted by Crippen LogP contribution is -2.46. The van der Waals surface area contributed by atoms with Crippen LogP contribution in [0.3, 0.4) is 0 Å². The molecule has 1 N–H and O–H groups in total. The van der Waals surface area contributed by atoms with Crippen LogP contribution in [0.4, 0.5) is 0 Å². The van der Waals surface area contributed by atoms with Gasteiger partial charge in [0.15, 0.2) is 12.1 Å². The van der Waals surface area contributed by atoms with E-state index in [1.165, 1.54) is 18.9 Å². The van der Waals surface area contributed by atoms with Gasteiger partial charge in [0.1, 0.15) is 12.0 Å². The molecule has 1 fully saturated rings. The number of carbonyl (C=O) groups is 2. The summed E-state index contributed by atoms with van der Waals surface area (Å²) in [6.07, 6.45) is 5.64. The average Bonchev–Trinajstić information content (AvgIpc) is 3.26. The number of likely N-dealkylation sites (tertiary alicyclic amines) is 1. The van der Waals surface area contributed by atoms with E-state index < -0.39 is 0 Å². The third kappa shape index (κ3) is 3.34. The van der Waals surface area contributed by atoms with Gasteiger partial charge in [-0.25, -0.2) is 4.98 Å². The van der Waals surface area contributed by atoms with Crippen molar-refractivity contribution >= 4 is 11.8 Å². The maximum absolute atomic E-state index is 12.6. The first-order valence-electron chi connectivity index (χ1n) is 8.12. The highest BCUT2D eigenvalue weighted by Crippen LogP contribution is 2.21. The number of piperidine rings is 1. The van der Waals surface area contributed by atoms with Crippen molar-refractivity contribution in [1.29, 1.82) is 0 Å². The molecular weight excluding hydrogens is 310 g/mol. The molecule has 2 aromatic rings. The molecule has 2 amide bonds. The highest BCUT2D eigenvalue weighted by molar-refractivity contribution is 5.94. The van der Waals surface area contributed by atoms with E-state index in [-0.39, 0.29) is 23.8 Å². The SMILES string of the molecule is CC(C)c1ocnc1C(=O)N1CCC(NC(=O)c2ccoc2)CC1. The standard InChI is InChI=1S/C17H21N3O4/c1-11(2)15-14(18-10-24-15)17(22)20-6-3-13(4-7-20)19-16(21)12-5-8-23-9-12/h5,8-11,13H,3-4,6-7H2,1-2H3,(H,19,21). The molecule has 0 saturated carbocycles. The Kier molecular flexibility index (Phi) is 4.69. The Morgan fingerprint density at radius 3 is 2.71 bits per heavy atom. The molecule has 3 heterocycles. The van der Waals surface area contributed by atoms with Gasteiger partial charge in [-0.05, 0) is 18.9 Å². The summed E-state index contributed by atoms with van der Waals surface area (Å²) in [4.78, 5) is 30.5. The number of carbonyl (C=O) groups excluding carboxylic acids is 2. The van der Waals surface area contributed by atoms with E-state index in [1.807, 2.05) is 13.8 Å². The van der Waals surface area contributed by atoms with E-state index in [9.17, 15) is 9.59 Å². The maximum atomic E-state index is 12.6. The van der Waals surface area contributed by atoms with Gasteiger partial charge in [0.2, 0.25) is 0 Å². The second-order valence-electron chi connectivity index (χ2n) is 6.27. The summed E-state index contributed by atoms with van der Waals surface area (Å²) >= 11 is 0. The number of nitrogens with zero attached hydrogens (tertiary/aromatic N) is 2. The number of aromatic nitrogens is 1. The highest BCUT2D eigenvalue weighted by Gasteiger charge is 2.28. The quantitative estimate of drug-likeness (QED) is 0.929. The summed E-state index contributed by atoms with van der Waals surface area (Å²) in [5, 5.41) is 2.97. The highest BCUT2D eigenvalue weighted by atomic mass is 16.3. The molecule has 0 unspecified atom stereocenters. The van der Waals surface area contributed by atoms with Gasteiger partial charge in [0, 0.05) is 25.0 Å². The van der Waals surface area contributed by atoms with Crippen LogP contribution in [-0.4, -0.2) is 40.8 Å². The van der Waals surface area contributed by atoms with Crippen molar-refractivity contribution in [3.63, 3.8) is 0 Å². The van der Waals surface area contributed by atoms with E-state index >= 15 is 0 Å². The van der Waals surface area contributed by atoms with Crippen LogP contribution in [0, 0.1) is 0 Å². The summed E-state index contributed by atoms with van der Waals surface area (Å²) in [6, 6.07) is 1.68. The topological polar surface area (TPSA) is 88.6 Å². The van der Waals surface area contributed by atoms with E-state index in [2.05, 4.69) is 10.3 Å². The molecule has 7 nitrogen and oxygen atoms in total. The first-order valence-corrected chi connectivity index (χ1v) is 8.12. The Bertz CT molecular complexity index is 697. The number of furan rings is 1. The molecule has 0 atom stereocenters. The van der Waals surface area contributed by atoms with Gasteiger partial charge in [-0.3, -0.25) is 9.59 Å². The smallest absolute Gasteiger partial charge is 0.276 e. The first-order chi connectivity index (χ1) is 11.6. The molecule has 0 spiro atoms. The molecule has 0 bridgehead atoms. The zero-order valence-corrected chi connectivity index (χ0v) is 13.8. The Morgan fingerprint density at radius 1 is 1.33 bits per heavy atom. The molecule has 128 valence electrons. The molecule has 2 aromatic heterocycles. The van der Waals surface area contributed by atoms with Gasteiger partial charge < -0.3 is 19.1 Å². The number of hydrogen-bond acceptors (Lipinski definition) is 5. The average molecular weight is 331 g/mol. The third-order valence-electron chi connectivity index (χ3n) is 4.22. The molecule has 1 aliphatic rings. The van der Waals surface area contributed by atoms with Crippen LogP contribution in [0.2, 0.25) is 0 Å². The molecule has 1 saturated heterocycles.